The zero-order valence-electron chi connectivity index (χ0n) is 12.0. The molecule has 0 amide bonds. The molecular formula is C15H25N3. The molecule has 1 N–H and O–H groups in total. The van der Waals surface area contributed by atoms with E-state index in [1.807, 2.05) is 7.05 Å². The Morgan fingerprint density at radius 3 is 2.67 bits per heavy atom. The largest absolute Gasteiger partial charge is 0.370 e. The molecule has 3 nitrogen and oxygen atoms in total. The smallest absolute Gasteiger partial charge is 0.0415 e. The average molecular weight is 247 g/mol. The zero-order valence-corrected chi connectivity index (χ0v) is 12.0. The molecule has 2 rings (SSSR count). The van der Waals surface area contributed by atoms with Crippen molar-refractivity contribution < 1.29 is 0 Å². The summed E-state index contributed by atoms with van der Waals surface area (Å²) in [6.45, 7) is 4.52. The Morgan fingerprint density at radius 2 is 2.06 bits per heavy atom. The second-order valence-electron chi connectivity index (χ2n) is 5.42. The summed E-state index contributed by atoms with van der Waals surface area (Å²) in [4.78, 5) is 4.86. The van der Waals surface area contributed by atoms with Crippen molar-refractivity contribution in [3.63, 3.8) is 0 Å². The molecule has 3 heteroatoms. The Hall–Kier alpha value is -1.06. The quantitative estimate of drug-likeness (QED) is 0.879. The van der Waals surface area contributed by atoms with Crippen LogP contribution < -0.4 is 10.2 Å². The first-order chi connectivity index (χ1) is 8.63. The average Bonchev–Trinajstić information content (AvgIpc) is 2.87. The summed E-state index contributed by atoms with van der Waals surface area (Å²) in [5.41, 5.74) is 2.79. The highest BCUT2D eigenvalue weighted by molar-refractivity contribution is 5.55. The van der Waals surface area contributed by atoms with Crippen molar-refractivity contribution in [2.75, 3.05) is 39.1 Å². The van der Waals surface area contributed by atoms with Crippen molar-refractivity contribution in [3.05, 3.63) is 29.8 Å². The highest BCUT2D eigenvalue weighted by atomic mass is 15.2. The Labute approximate surface area is 111 Å². The molecule has 1 aliphatic heterocycles. The molecule has 1 aromatic carbocycles. The molecule has 18 heavy (non-hydrogen) atoms. The van der Waals surface area contributed by atoms with E-state index in [2.05, 4.69) is 60.4 Å². The van der Waals surface area contributed by atoms with Crippen molar-refractivity contribution in [1.82, 2.24) is 10.2 Å². The van der Waals surface area contributed by atoms with Gasteiger partial charge in [0.05, 0.1) is 0 Å². The van der Waals surface area contributed by atoms with E-state index in [0.717, 1.165) is 13.1 Å². The predicted octanol–water partition coefficient (Wildman–Crippen LogP) is 2.11. The Bertz CT molecular complexity index is 389. The zero-order chi connectivity index (χ0) is 13.1. The van der Waals surface area contributed by atoms with Gasteiger partial charge >= 0.3 is 0 Å². The minimum Gasteiger partial charge on any atom is -0.370 e. The molecule has 1 fully saturated rings. The lowest BCUT2D eigenvalue weighted by Gasteiger charge is -2.26. The van der Waals surface area contributed by atoms with Gasteiger partial charge in [-0.2, -0.15) is 0 Å². The van der Waals surface area contributed by atoms with E-state index in [-0.39, 0.29) is 0 Å². The van der Waals surface area contributed by atoms with Gasteiger partial charge in [-0.05, 0) is 46.1 Å². The molecule has 2 unspecified atom stereocenters. The van der Waals surface area contributed by atoms with E-state index < -0.39 is 0 Å². The first kappa shape index (κ1) is 13.4. The van der Waals surface area contributed by atoms with Gasteiger partial charge in [0.2, 0.25) is 0 Å². The maximum atomic E-state index is 3.34. The molecule has 0 aliphatic carbocycles. The summed E-state index contributed by atoms with van der Waals surface area (Å²) in [6.07, 6.45) is 1.26. The normalized spacial score (nSPS) is 21.6. The molecule has 1 aliphatic rings. The van der Waals surface area contributed by atoms with Crippen LogP contribution in [0.4, 0.5) is 5.69 Å². The van der Waals surface area contributed by atoms with E-state index >= 15 is 0 Å². The van der Waals surface area contributed by atoms with Crippen molar-refractivity contribution in [2.45, 2.75) is 25.4 Å². The molecule has 2 atom stereocenters. The molecule has 1 saturated heterocycles. The van der Waals surface area contributed by atoms with Crippen LogP contribution in [-0.2, 0) is 0 Å². The molecule has 1 aromatic rings. The van der Waals surface area contributed by atoms with E-state index in [0.29, 0.717) is 12.1 Å². The molecule has 0 saturated carbocycles. The van der Waals surface area contributed by atoms with Gasteiger partial charge in [0.15, 0.2) is 0 Å². The summed E-state index contributed by atoms with van der Waals surface area (Å²) in [5.74, 6) is 0. The fourth-order valence-electron chi connectivity index (χ4n) is 2.68. The summed E-state index contributed by atoms with van der Waals surface area (Å²) < 4.78 is 0. The number of anilines is 1. The van der Waals surface area contributed by atoms with Crippen LogP contribution in [0.3, 0.4) is 0 Å². The van der Waals surface area contributed by atoms with Gasteiger partial charge in [0.1, 0.15) is 0 Å². The van der Waals surface area contributed by atoms with Crippen molar-refractivity contribution >= 4 is 5.69 Å². The van der Waals surface area contributed by atoms with Gasteiger partial charge in [-0.3, -0.25) is 0 Å². The maximum absolute atomic E-state index is 3.34. The van der Waals surface area contributed by atoms with Gasteiger partial charge < -0.3 is 15.1 Å². The van der Waals surface area contributed by atoms with Crippen molar-refractivity contribution in [3.8, 4) is 0 Å². The Kier molecular flexibility index (Phi) is 4.25. The number of rotatable bonds is 4. The third-order valence-electron chi connectivity index (χ3n) is 4.07. The fourth-order valence-corrected chi connectivity index (χ4v) is 2.68. The number of likely N-dealkylation sites (N-methyl/N-ethyl adjacent to an activating group) is 1. The van der Waals surface area contributed by atoms with Crippen LogP contribution in [0.1, 0.15) is 24.9 Å². The number of nitrogens with one attached hydrogen (secondary N) is 1. The Balaban J connectivity index is 2.19. The number of hydrogen-bond donors (Lipinski definition) is 1. The number of hydrogen-bond acceptors (Lipinski definition) is 3. The van der Waals surface area contributed by atoms with Crippen LogP contribution in [0.5, 0.6) is 0 Å². The molecule has 100 valence electrons. The summed E-state index contributed by atoms with van der Waals surface area (Å²) in [7, 11) is 6.38. The first-order valence-electron chi connectivity index (χ1n) is 6.81. The van der Waals surface area contributed by atoms with Crippen LogP contribution >= 0.6 is 0 Å². The van der Waals surface area contributed by atoms with Gasteiger partial charge in [-0.15, -0.1) is 0 Å². The van der Waals surface area contributed by atoms with Crippen LogP contribution in [0.15, 0.2) is 24.3 Å². The molecular weight excluding hydrogens is 222 g/mol. The predicted molar refractivity (Wildman–Crippen MR) is 78.2 cm³/mol. The number of benzene rings is 1. The van der Waals surface area contributed by atoms with Crippen molar-refractivity contribution in [2.24, 2.45) is 0 Å². The third kappa shape index (κ3) is 2.68. The van der Waals surface area contributed by atoms with Crippen LogP contribution in [-0.4, -0.2) is 45.2 Å². The van der Waals surface area contributed by atoms with Gasteiger partial charge in [0.25, 0.3) is 0 Å². The van der Waals surface area contributed by atoms with Gasteiger partial charge in [0, 0.05) is 30.9 Å². The van der Waals surface area contributed by atoms with E-state index in [9.17, 15) is 0 Å². The maximum Gasteiger partial charge on any atom is 0.0415 e. The number of para-hydroxylation sites is 1. The topological polar surface area (TPSA) is 18.5 Å². The Morgan fingerprint density at radius 1 is 1.33 bits per heavy atom. The van der Waals surface area contributed by atoms with E-state index in [4.69, 9.17) is 0 Å². The fraction of sp³-hybridized carbons (Fsp3) is 0.600. The number of nitrogens with zero attached hydrogens (tertiary/aromatic N) is 2. The lowest BCUT2D eigenvalue weighted by atomic mass is 10.1. The van der Waals surface area contributed by atoms with Crippen LogP contribution in [0, 0.1) is 0 Å². The van der Waals surface area contributed by atoms with Crippen molar-refractivity contribution in [1.29, 1.82) is 0 Å². The summed E-state index contributed by atoms with van der Waals surface area (Å²) in [6, 6.07) is 9.85. The molecule has 1 heterocycles. The SMILES string of the molecule is CNC(C)c1ccccc1N1CCC(N(C)C)C1. The molecule has 0 spiro atoms. The first-order valence-corrected chi connectivity index (χ1v) is 6.81. The van der Waals surface area contributed by atoms with Crippen LogP contribution in [0.25, 0.3) is 0 Å². The molecule has 0 aromatic heterocycles. The van der Waals surface area contributed by atoms with Gasteiger partial charge in [-0.1, -0.05) is 18.2 Å². The third-order valence-corrected chi connectivity index (χ3v) is 4.07. The highest BCUT2D eigenvalue weighted by Gasteiger charge is 2.25. The lowest BCUT2D eigenvalue weighted by molar-refractivity contribution is 0.315. The minimum atomic E-state index is 0.402. The standard InChI is InChI=1S/C15H25N3/c1-12(16-2)14-7-5-6-8-15(14)18-10-9-13(11-18)17(3)4/h5-8,12-13,16H,9-11H2,1-4H3. The highest BCUT2D eigenvalue weighted by Crippen LogP contribution is 2.29. The van der Waals surface area contributed by atoms with E-state index in [1.165, 1.54) is 17.7 Å². The molecule has 0 bridgehead atoms. The molecule has 0 radical (unpaired) electrons. The van der Waals surface area contributed by atoms with Gasteiger partial charge in [-0.25, -0.2) is 0 Å². The van der Waals surface area contributed by atoms with Crippen LogP contribution in [0.2, 0.25) is 0 Å². The second kappa shape index (κ2) is 5.72. The monoisotopic (exact) mass is 247 g/mol. The van der Waals surface area contributed by atoms with E-state index in [1.54, 1.807) is 0 Å². The second-order valence-corrected chi connectivity index (χ2v) is 5.42. The summed E-state index contributed by atoms with van der Waals surface area (Å²) >= 11 is 0. The minimum absolute atomic E-state index is 0.402. The lowest BCUT2D eigenvalue weighted by Crippen LogP contribution is -2.32. The summed E-state index contributed by atoms with van der Waals surface area (Å²) in [5, 5.41) is 3.34.